The molecule has 4 unspecified atom stereocenters. The van der Waals surface area contributed by atoms with E-state index >= 15 is 0 Å². The van der Waals surface area contributed by atoms with Crippen LogP contribution in [0.25, 0.3) is 0 Å². The number of primary amides is 1. The second kappa shape index (κ2) is 7.24. The zero-order valence-electron chi connectivity index (χ0n) is 16.4. The third-order valence-electron chi connectivity index (χ3n) is 6.32. The van der Waals surface area contributed by atoms with Crippen LogP contribution in [0, 0.1) is 11.8 Å². The molecule has 1 aromatic carbocycles. The minimum Gasteiger partial charge on any atom is -0.467 e. The van der Waals surface area contributed by atoms with Gasteiger partial charge in [-0.15, -0.1) is 0 Å². The monoisotopic (exact) mass is 409 g/mol. The van der Waals surface area contributed by atoms with Gasteiger partial charge in [-0.05, 0) is 17.7 Å². The molecule has 3 aliphatic heterocycles. The van der Waals surface area contributed by atoms with Crippen LogP contribution < -0.4 is 15.8 Å². The summed E-state index contributed by atoms with van der Waals surface area (Å²) in [5.74, 6) is -1.23. The Morgan fingerprint density at radius 2 is 2.07 bits per heavy atom. The Morgan fingerprint density at radius 1 is 1.27 bits per heavy atom. The molecule has 5 rings (SSSR count). The summed E-state index contributed by atoms with van der Waals surface area (Å²) in [6, 6.07) is 9.31. The number of hydrogen-bond acceptors (Lipinski definition) is 7. The van der Waals surface area contributed by atoms with Crippen LogP contribution in [-0.4, -0.2) is 58.7 Å². The second-order valence-electron chi connectivity index (χ2n) is 7.81. The number of nitrogens with zero attached hydrogens (tertiary/aromatic N) is 3. The summed E-state index contributed by atoms with van der Waals surface area (Å²) < 4.78 is 12.3. The van der Waals surface area contributed by atoms with Gasteiger partial charge >= 0.3 is 0 Å². The van der Waals surface area contributed by atoms with Crippen molar-refractivity contribution in [1.82, 2.24) is 14.9 Å². The van der Waals surface area contributed by atoms with E-state index in [1.165, 1.54) is 0 Å². The lowest BCUT2D eigenvalue weighted by molar-refractivity contribution is -0.226. The molecule has 3 N–H and O–H groups in total. The van der Waals surface area contributed by atoms with Crippen molar-refractivity contribution in [3.8, 4) is 5.75 Å². The molecule has 2 amide bonds. The number of para-hydroxylation sites is 1. The molecule has 2 fully saturated rings. The number of piperidine rings is 1. The number of hydrogen-bond donors (Lipinski definition) is 2. The van der Waals surface area contributed by atoms with Gasteiger partial charge in [-0.1, -0.05) is 18.2 Å². The summed E-state index contributed by atoms with van der Waals surface area (Å²) in [6.45, 7) is 1.62. The van der Waals surface area contributed by atoms with Crippen LogP contribution in [0.5, 0.6) is 5.75 Å². The van der Waals surface area contributed by atoms with Gasteiger partial charge in [0.2, 0.25) is 17.8 Å². The maximum absolute atomic E-state index is 13.5. The summed E-state index contributed by atoms with van der Waals surface area (Å²) in [6.07, 6.45) is 3.81. The van der Waals surface area contributed by atoms with Gasteiger partial charge in [0.25, 0.3) is 0 Å². The lowest BCUT2D eigenvalue weighted by atomic mass is 9.64. The van der Waals surface area contributed by atoms with Gasteiger partial charge in [-0.2, -0.15) is 0 Å². The number of likely N-dealkylation sites (tertiary alicyclic amines) is 1. The molecule has 3 aliphatic rings. The van der Waals surface area contributed by atoms with E-state index in [1.807, 2.05) is 24.3 Å². The van der Waals surface area contributed by atoms with Crippen molar-refractivity contribution < 1.29 is 19.1 Å². The maximum atomic E-state index is 13.5. The van der Waals surface area contributed by atoms with Crippen molar-refractivity contribution in [2.24, 2.45) is 17.6 Å². The fourth-order valence-corrected chi connectivity index (χ4v) is 5.09. The number of nitrogens with one attached hydrogen (secondary N) is 1. The minimum absolute atomic E-state index is 0.177. The normalized spacial score (nSPS) is 29.4. The Kier molecular flexibility index (Phi) is 4.54. The zero-order valence-corrected chi connectivity index (χ0v) is 16.4. The number of benzene rings is 1. The minimum atomic E-state index is -0.956. The molecule has 156 valence electrons. The predicted octanol–water partition coefficient (Wildman–Crippen LogP) is 0.741. The number of carbonyl (C=O) groups excluding carboxylic acids is 2. The fourth-order valence-electron chi connectivity index (χ4n) is 5.09. The van der Waals surface area contributed by atoms with Crippen LogP contribution in [-0.2, 0) is 14.3 Å². The number of aromatic nitrogens is 2. The topological polar surface area (TPSA) is 120 Å². The van der Waals surface area contributed by atoms with Crippen LogP contribution in [0.15, 0.2) is 42.7 Å². The number of ether oxygens (including phenoxy) is 2. The number of amides is 2. The molecule has 2 bridgehead atoms. The van der Waals surface area contributed by atoms with Gasteiger partial charge in [0.15, 0.2) is 5.72 Å². The molecular weight excluding hydrogens is 386 g/mol. The van der Waals surface area contributed by atoms with Crippen LogP contribution in [0.4, 0.5) is 5.95 Å². The van der Waals surface area contributed by atoms with Crippen molar-refractivity contribution in [3.63, 3.8) is 0 Å². The van der Waals surface area contributed by atoms with Crippen LogP contribution in [0.2, 0.25) is 0 Å². The van der Waals surface area contributed by atoms with Crippen molar-refractivity contribution in [1.29, 1.82) is 0 Å². The van der Waals surface area contributed by atoms with Crippen molar-refractivity contribution >= 4 is 17.8 Å². The molecule has 4 atom stereocenters. The summed E-state index contributed by atoms with van der Waals surface area (Å²) in [7, 11) is 0. The van der Waals surface area contributed by atoms with E-state index < -0.39 is 17.6 Å². The summed E-state index contributed by atoms with van der Waals surface area (Å²) in [4.78, 5) is 35.9. The highest BCUT2D eigenvalue weighted by Crippen LogP contribution is 2.56. The number of carbonyl (C=O) groups is 2. The van der Waals surface area contributed by atoms with Crippen LogP contribution in [0.1, 0.15) is 17.9 Å². The fraction of sp³-hybridized carbons (Fsp3) is 0.429. The summed E-state index contributed by atoms with van der Waals surface area (Å²) in [5, 5.41) is 3.12. The molecule has 9 heteroatoms. The first-order valence-electron chi connectivity index (χ1n) is 10.1. The first kappa shape index (κ1) is 18.8. The third-order valence-corrected chi connectivity index (χ3v) is 6.32. The lowest BCUT2D eigenvalue weighted by Crippen LogP contribution is -2.73. The van der Waals surface area contributed by atoms with Gasteiger partial charge in [-0.25, -0.2) is 9.97 Å². The highest BCUT2D eigenvalue weighted by Gasteiger charge is 2.64. The molecular formula is C21H23N5O4. The molecule has 0 spiro atoms. The molecule has 1 aromatic heterocycles. The van der Waals surface area contributed by atoms with Gasteiger partial charge in [0.05, 0.1) is 19.1 Å². The smallest absolute Gasteiger partial charge is 0.238 e. The Morgan fingerprint density at radius 3 is 2.87 bits per heavy atom. The van der Waals surface area contributed by atoms with E-state index in [0.29, 0.717) is 44.4 Å². The van der Waals surface area contributed by atoms with E-state index in [1.54, 1.807) is 23.4 Å². The zero-order chi connectivity index (χ0) is 20.7. The first-order chi connectivity index (χ1) is 14.6. The third kappa shape index (κ3) is 2.80. The van der Waals surface area contributed by atoms with Gasteiger partial charge in [-0.3, -0.25) is 9.59 Å². The van der Waals surface area contributed by atoms with Crippen molar-refractivity contribution in [3.05, 3.63) is 48.3 Å². The quantitative estimate of drug-likeness (QED) is 0.699. The molecule has 2 aromatic rings. The van der Waals surface area contributed by atoms with E-state index in [4.69, 9.17) is 15.2 Å². The molecule has 30 heavy (non-hydrogen) atoms. The Bertz CT molecular complexity index is 971. The van der Waals surface area contributed by atoms with Crippen molar-refractivity contribution in [2.45, 2.75) is 18.1 Å². The number of nitrogens with two attached hydrogens (primary N) is 1. The Balaban J connectivity index is 1.52. The molecule has 0 saturated carbocycles. The molecule has 0 aliphatic carbocycles. The molecule has 4 heterocycles. The number of anilines is 1. The lowest BCUT2D eigenvalue weighted by Gasteiger charge is -2.60. The highest BCUT2D eigenvalue weighted by molar-refractivity contribution is 6.02. The van der Waals surface area contributed by atoms with E-state index in [0.717, 1.165) is 5.56 Å². The SMILES string of the molecule is NC(=O)C1C(=O)N(CCNc2ncccn2)C23CCOCC2C1c1ccccc1O3. The largest absolute Gasteiger partial charge is 0.467 e. The standard InChI is InChI=1S/C21H23N5O4/c22-18(27)17-16-13-4-1-2-5-15(13)30-21(6-11-29-12-14(16)21)26(19(17)28)10-9-25-20-23-7-3-8-24-20/h1-5,7-8,14,16-17H,6,9-12H2,(H2,22,27)(H,23,24,25). The van der Waals surface area contributed by atoms with E-state index in [2.05, 4.69) is 15.3 Å². The maximum Gasteiger partial charge on any atom is 0.238 e. The number of rotatable bonds is 5. The Hall–Kier alpha value is -3.20. The van der Waals surface area contributed by atoms with Crippen molar-refractivity contribution in [2.75, 3.05) is 31.6 Å². The summed E-state index contributed by atoms with van der Waals surface area (Å²) in [5.41, 5.74) is 5.73. The van der Waals surface area contributed by atoms with Crippen LogP contribution >= 0.6 is 0 Å². The average molecular weight is 409 g/mol. The molecule has 0 radical (unpaired) electrons. The molecule has 9 nitrogen and oxygen atoms in total. The summed E-state index contributed by atoms with van der Waals surface area (Å²) >= 11 is 0. The Labute approximate surface area is 173 Å². The van der Waals surface area contributed by atoms with Gasteiger partial charge in [0.1, 0.15) is 11.7 Å². The second-order valence-corrected chi connectivity index (χ2v) is 7.81. The van der Waals surface area contributed by atoms with Gasteiger partial charge < -0.3 is 25.4 Å². The highest BCUT2D eigenvalue weighted by atomic mass is 16.5. The molecule has 2 saturated heterocycles. The first-order valence-corrected chi connectivity index (χ1v) is 10.1. The van der Waals surface area contributed by atoms with E-state index in [9.17, 15) is 9.59 Å². The predicted molar refractivity (Wildman–Crippen MR) is 106 cm³/mol. The van der Waals surface area contributed by atoms with Gasteiger partial charge in [0, 0.05) is 37.8 Å². The van der Waals surface area contributed by atoms with E-state index in [-0.39, 0.29) is 17.7 Å². The number of fused-ring (bicyclic) bond motifs is 2. The van der Waals surface area contributed by atoms with Crippen LogP contribution in [0.3, 0.4) is 0 Å². The average Bonchev–Trinajstić information content (AvgIpc) is 2.76.